The summed E-state index contributed by atoms with van der Waals surface area (Å²) in [5.41, 5.74) is 0. The molecular weight excluding hydrogens is 242 g/mol. The van der Waals surface area contributed by atoms with Crippen LogP contribution in [0.15, 0.2) is 12.2 Å². The average Bonchev–Trinajstić information content (AvgIpc) is 2.29. The van der Waals surface area contributed by atoms with Gasteiger partial charge in [0.2, 0.25) is 10.0 Å². The van der Waals surface area contributed by atoms with Crippen molar-refractivity contribution < 1.29 is 17.9 Å². The fourth-order valence-corrected chi connectivity index (χ4v) is 3.09. The van der Waals surface area contributed by atoms with Crippen LogP contribution in [0.25, 0.3) is 0 Å². The molecule has 0 amide bonds. The van der Waals surface area contributed by atoms with E-state index >= 15 is 0 Å². The number of carbonyl (C=O) groups excluding carboxylic acids is 1. The molecule has 0 saturated carbocycles. The molecule has 1 aliphatic carbocycles. The van der Waals surface area contributed by atoms with Gasteiger partial charge in [-0.3, -0.25) is 4.79 Å². The van der Waals surface area contributed by atoms with Crippen molar-refractivity contribution in [1.29, 1.82) is 0 Å². The minimum absolute atomic E-state index is 0.00290. The first-order chi connectivity index (χ1) is 8.03. The monoisotopic (exact) mass is 261 g/mol. The van der Waals surface area contributed by atoms with Gasteiger partial charge in [0.05, 0.1) is 12.9 Å². The lowest BCUT2D eigenvalue weighted by Gasteiger charge is -2.19. The first-order valence-electron chi connectivity index (χ1n) is 5.75. The zero-order chi connectivity index (χ0) is 12.7. The lowest BCUT2D eigenvalue weighted by atomic mass is 10.0. The van der Waals surface area contributed by atoms with Crippen LogP contribution in [-0.4, -0.2) is 33.3 Å². The van der Waals surface area contributed by atoms with Crippen molar-refractivity contribution in [2.24, 2.45) is 0 Å². The third kappa shape index (κ3) is 5.83. The Morgan fingerprint density at radius 1 is 1.47 bits per heavy atom. The van der Waals surface area contributed by atoms with Crippen LogP contribution in [-0.2, 0) is 19.6 Å². The second-order valence-electron chi connectivity index (χ2n) is 4.10. The number of sulfonamides is 1. The summed E-state index contributed by atoms with van der Waals surface area (Å²) in [6.45, 7) is 0. The summed E-state index contributed by atoms with van der Waals surface area (Å²) < 4.78 is 30.5. The Bertz CT molecular complexity index is 375. The number of nitrogens with one attached hydrogen (secondary N) is 1. The van der Waals surface area contributed by atoms with Crippen molar-refractivity contribution >= 4 is 16.0 Å². The van der Waals surface area contributed by atoms with Gasteiger partial charge in [0.25, 0.3) is 0 Å². The molecule has 5 nitrogen and oxygen atoms in total. The first kappa shape index (κ1) is 14.2. The van der Waals surface area contributed by atoms with E-state index in [0.29, 0.717) is 6.42 Å². The van der Waals surface area contributed by atoms with Crippen molar-refractivity contribution in [1.82, 2.24) is 4.72 Å². The maximum atomic E-state index is 11.7. The fraction of sp³-hybridized carbons (Fsp3) is 0.727. The highest BCUT2D eigenvalue weighted by Gasteiger charge is 2.18. The van der Waals surface area contributed by atoms with Crippen LogP contribution >= 0.6 is 0 Å². The highest BCUT2D eigenvalue weighted by molar-refractivity contribution is 7.89. The number of rotatable bonds is 6. The quantitative estimate of drug-likeness (QED) is 0.571. The van der Waals surface area contributed by atoms with Crippen molar-refractivity contribution in [3.8, 4) is 0 Å². The number of esters is 1. The normalized spacial score (nSPS) is 20.2. The number of ether oxygens (including phenoxy) is 1. The molecule has 1 aliphatic rings. The Morgan fingerprint density at radius 3 is 2.82 bits per heavy atom. The number of hydrogen-bond acceptors (Lipinski definition) is 4. The van der Waals surface area contributed by atoms with E-state index in [2.05, 4.69) is 15.5 Å². The van der Waals surface area contributed by atoms with E-state index in [1.807, 2.05) is 6.08 Å². The molecule has 0 spiro atoms. The Hall–Kier alpha value is -0.880. The van der Waals surface area contributed by atoms with E-state index in [0.717, 1.165) is 19.3 Å². The van der Waals surface area contributed by atoms with E-state index < -0.39 is 10.0 Å². The molecule has 0 aromatic rings. The van der Waals surface area contributed by atoms with E-state index in [1.54, 1.807) is 0 Å². The minimum atomic E-state index is -3.28. The molecule has 1 N–H and O–H groups in total. The standard InChI is InChI=1S/C11H19NO4S/c1-16-11(13)8-5-9-17(14,15)12-10-6-3-2-4-7-10/h2-3,10,12H,4-9H2,1H3. The van der Waals surface area contributed by atoms with Crippen LogP contribution in [0.3, 0.4) is 0 Å². The van der Waals surface area contributed by atoms with Crippen molar-refractivity contribution in [2.75, 3.05) is 12.9 Å². The van der Waals surface area contributed by atoms with Gasteiger partial charge < -0.3 is 4.74 Å². The number of hydrogen-bond donors (Lipinski definition) is 1. The molecule has 0 radical (unpaired) electrons. The Labute approximate surface area is 102 Å². The Kier molecular flexibility index (Phi) is 5.64. The van der Waals surface area contributed by atoms with E-state index in [9.17, 15) is 13.2 Å². The van der Waals surface area contributed by atoms with Gasteiger partial charge in [0, 0.05) is 12.5 Å². The maximum absolute atomic E-state index is 11.7. The molecule has 0 heterocycles. The molecular formula is C11H19NO4S. The fourth-order valence-electron chi connectivity index (χ4n) is 1.72. The molecule has 0 aliphatic heterocycles. The molecule has 0 saturated heterocycles. The maximum Gasteiger partial charge on any atom is 0.305 e. The minimum Gasteiger partial charge on any atom is -0.469 e. The van der Waals surface area contributed by atoms with Gasteiger partial charge >= 0.3 is 5.97 Å². The summed E-state index contributed by atoms with van der Waals surface area (Å²) in [4.78, 5) is 10.8. The molecule has 0 aromatic heterocycles. The van der Waals surface area contributed by atoms with Gasteiger partial charge in [-0.05, 0) is 25.7 Å². The molecule has 6 heteroatoms. The molecule has 1 rings (SSSR count). The third-order valence-electron chi connectivity index (χ3n) is 2.64. The second-order valence-corrected chi connectivity index (χ2v) is 5.97. The van der Waals surface area contributed by atoms with Gasteiger partial charge in [-0.2, -0.15) is 0 Å². The van der Waals surface area contributed by atoms with Gasteiger partial charge in [-0.1, -0.05) is 12.2 Å². The van der Waals surface area contributed by atoms with Crippen LogP contribution in [0.2, 0.25) is 0 Å². The van der Waals surface area contributed by atoms with Gasteiger partial charge in [0.1, 0.15) is 0 Å². The van der Waals surface area contributed by atoms with Crippen molar-refractivity contribution in [2.45, 2.75) is 38.1 Å². The lowest BCUT2D eigenvalue weighted by Crippen LogP contribution is -2.36. The SMILES string of the molecule is COC(=O)CCCS(=O)(=O)NC1CC=CCC1. The number of methoxy groups -OCH3 is 1. The number of carbonyl (C=O) groups is 1. The topological polar surface area (TPSA) is 72.5 Å². The third-order valence-corrected chi connectivity index (χ3v) is 4.16. The van der Waals surface area contributed by atoms with E-state index in [4.69, 9.17) is 0 Å². The average molecular weight is 261 g/mol. The number of allylic oxidation sites excluding steroid dienone is 1. The van der Waals surface area contributed by atoms with Gasteiger partial charge in [-0.25, -0.2) is 13.1 Å². The smallest absolute Gasteiger partial charge is 0.305 e. The largest absolute Gasteiger partial charge is 0.469 e. The van der Waals surface area contributed by atoms with E-state index in [1.165, 1.54) is 7.11 Å². The zero-order valence-electron chi connectivity index (χ0n) is 10.0. The summed E-state index contributed by atoms with van der Waals surface area (Å²) >= 11 is 0. The van der Waals surface area contributed by atoms with Gasteiger partial charge in [0.15, 0.2) is 0 Å². The highest BCUT2D eigenvalue weighted by atomic mass is 32.2. The molecule has 1 atom stereocenters. The summed E-state index contributed by atoms with van der Waals surface area (Å²) in [7, 11) is -1.98. The summed E-state index contributed by atoms with van der Waals surface area (Å²) in [5, 5.41) is 0. The van der Waals surface area contributed by atoms with Crippen LogP contribution in [0.1, 0.15) is 32.1 Å². The van der Waals surface area contributed by atoms with Crippen molar-refractivity contribution in [3.63, 3.8) is 0 Å². The van der Waals surface area contributed by atoms with E-state index in [-0.39, 0.29) is 24.2 Å². The van der Waals surface area contributed by atoms with Crippen molar-refractivity contribution in [3.05, 3.63) is 12.2 Å². The Balaban J connectivity index is 2.30. The molecule has 98 valence electrons. The predicted molar refractivity (Wildman–Crippen MR) is 65.0 cm³/mol. The molecule has 0 bridgehead atoms. The van der Waals surface area contributed by atoms with Gasteiger partial charge in [-0.15, -0.1) is 0 Å². The van der Waals surface area contributed by atoms with Crippen LogP contribution in [0.5, 0.6) is 0 Å². The molecule has 0 aromatic carbocycles. The summed E-state index contributed by atoms with van der Waals surface area (Å²) in [6.07, 6.45) is 6.98. The predicted octanol–water partition coefficient (Wildman–Crippen LogP) is 0.968. The molecule has 1 unspecified atom stereocenters. The van der Waals surface area contributed by atoms with Crippen LogP contribution in [0, 0.1) is 0 Å². The highest BCUT2D eigenvalue weighted by Crippen LogP contribution is 2.12. The summed E-state index contributed by atoms with van der Waals surface area (Å²) in [6, 6.07) is 0.00290. The Morgan fingerprint density at radius 2 is 2.24 bits per heavy atom. The van der Waals surface area contributed by atoms with Crippen LogP contribution in [0.4, 0.5) is 0 Å². The van der Waals surface area contributed by atoms with Crippen LogP contribution < -0.4 is 4.72 Å². The molecule has 17 heavy (non-hydrogen) atoms. The lowest BCUT2D eigenvalue weighted by molar-refractivity contribution is -0.140. The molecule has 0 fully saturated rings. The second kappa shape index (κ2) is 6.76. The first-order valence-corrected chi connectivity index (χ1v) is 7.40. The summed E-state index contributed by atoms with van der Waals surface area (Å²) in [5.74, 6) is -0.400. The zero-order valence-corrected chi connectivity index (χ0v) is 10.8.